The average Bonchev–Trinajstić information content (AvgIpc) is 2.73. The number of para-hydroxylation sites is 1. The second-order valence-corrected chi connectivity index (χ2v) is 4.14. The highest BCUT2D eigenvalue weighted by atomic mass is 32.1. The van der Waals surface area contributed by atoms with E-state index in [4.69, 9.17) is 4.74 Å². The van der Waals surface area contributed by atoms with Gasteiger partial charge in [0.05, 0.1) is 23.1 Å². The van der Waals surface area contributed by atoms with Crippen molar-refractivity contribution in [2.24, 2.45) is 0 Å². The predicted octanol–water partition coefficient (Wildman–Crippen LogP) is 3.03. The van der Waals surface area contributed by atoms with Gasteiger partial charge in [-0.15, -0.1) is 11.3 Å². The molecule has 2 rings (SSSR count). The van der Waals surface area contributed by atoms with E-state index < -0.39 is 0 Å². The first kappa shape index (κ1) is 10.8. The third kappa shape index (κ3) is 2.28. The number of fused-ring (bicyclic) bond motifs is 1. The molecule has 0 aliphatic rings. The zero-order chi connectivity index (χ0) is 11.4. The van der Waals surface area contributed by atoms with Crippen LogP contribution in [0.15, 0.2) is 36.6 Å². The highest BCUT2D eigenvalue weighted by Gasteiger charge is 2.08. The number of carbonyl (C=O) groups excluding carboxylic acids is 1. The second kappa shape index (κ2) is 4.90. The Bertz CT molecular complexity index is 498. The number of carbonyl (C=O) groups is 1. The van der Waals surface area contributed by atoms with Crippen LogP contribution in [0.1, 0.15) is 16.7 Å². The summed E-state index contributed by atoms with van der Waals surface area (Å²) in [6.07, 6.45) is 2.82. The highest BCUT2D eigenvalue weighted by Crippen LogP contribution is 2.21. The maximum atomic E-state index is 11.7. The maximum Gasteiger partial charge on any atom is 0.217 e. The molecule has 82 valence electrons. The summed E-state index contributed by atoms with van der Waals surface area (Å²) in [7, 11) is 0. The van der Waals surface area contributed by atoms with Gasteiger partial charge in [-0.2, -0.15) is 0 Å². The Hall–Kier alpha value is -1.68. The van der Waals surface area contributed by atoms with Crippen LogP contribution in [0.4, 0.5) is 0 Å². The molecule has 0 bridgehead atoms. The van der Waals surface area contributed by atoms with Crippen LogP contribution in [-0.4, -0.2) is 17.4 Å². The van der Waals surface area contributed by atoms with E-state index in [1.165, 1.54) is 23.7 Å². The fourth-order valence-electron chi connectivity index (χ4n) is 1.26. The van der Waals surface area contributed by atoms with Crippen molar-refractivity contribution in [1.29, 1.82) is 0 Å². The zero-order valence-corrected chi connectivity index (χ0v) is 9.66. The standard InChI is InChI=1S/C12H11NO2S/c1-2-15-8-7-10(14)12-13-9-5-3-4-6-11(9)16-12/h3-8H,2H2,1H3. The monoisotopic (exact) mass is 233 g/mol. The Morgan fingerprint density at radius 2 is 2.31 bits per heavy atom. The Kier molecular flexibility index (Phi) is 3.31. The summed E-state index contributed by atoms with van der Waals surface area (Å²) in [5.74, 6) is -0.116. The molecule has 0 amide bonds. The molecule has 0 N–H and O–H groups in total. The van der Waals surface area contributed by atoms with Gasteiger partial charge < -0.3 is 4.74 Å². The number of benzene rings is 1. The van der Waals surface area contributed by atoms with E-state index >= 15 is 0 Å². The van der Waals surface area contributed by atoms with Gasteiger partial charge in [0.1, 0.15) is 0 Å². The van der Waals surface area contributed by atoms with Gasteiger partial charge in [0.15, 0.2) is 5.01 Å². The van der Waals surface area contributed by atoms with Crippen molar-refractivity contribution in [2.75, 3.05) is 6.61 Å². The van der Waals surface area contributed by atoms with Crippen LogP contribution in [0.3, 0.4) is 0 Å². The lowest BCUT2D eigenvalue weighted by Crippen LogP contribution is -1.93. The van der Waals surface area contributed by atoms with Crippen LogP contribution in [0.2, 0.25) is 0 Å². The van der Waals surface area contributed by atoms with Crippen molar-refractivity contribution in [3.8, 4) is 0 Å². The van der Waals surface area contributed by atoms with Crippen molar-refractivity contribution in [2.45, 2.75) is 6.92 Å². The molecule has 0 aliphatic heterocycles. The number of allylic oxidation sites excluding steroid dienone is 1. The Balaban J connectivity index is 2.23. The van der Waals surface area contributed by atoms with E-state index in [9.17, 15) is 4.79 Å². The summed E-state index contributed by atoms with van der Waals surface area (Å²) < 4.78 is 6.00. The van der Waals surface area contributed by atoms with Gasteiger partial charge in [0, 0.05) is 6.08 Å². The van der Waals surface area contributed by atoms with E-state index in [2.05, 4.69) is 4.98 Å². The van der Waals surface area contributed by atoms with E-state index in [0.29, 0.717) is 11.6 Å². The van der Waals surface area contributed by atoms with Crippen LogP contribution >= 0.6 is 11.3 Å². The number of ether oxygens (including phenoxy) is 1. The topological polar surface area (TPSA) is 39.2 Å². The molecule has 0 radical (unpaired) electrons. The van der Waals surface area contributed by atoms with Gasteiger partial charge in [0.2, 0.25) is 5.78 Å². The average molecular weight is 233 g/mol. The molecule has 4 heteroatoms. The molecule has 0 atom stereocenters. The molecule has 2 aromatic rings. The summed E-state index contributed by atoms with van der Waals surface area (Å²) in [6.45, 7) is 2.43. The molecule has 0 unspecified atom stereocenters. The van der Waals surface area contributed by atoms with E-state index in [-0.39, 0.29) is 5.78 Å². The van der Waals surface area contributed by atoms with Crippen molar-refractivity contribution in [3.05, 3.63) is 41.6 Å². The summed E-state index contributed by atoms with van der Waals surface area (Å²) in [5.41, 5.74) is 0.862. The molecule has 16 heavy (non-hydrogen) atoms. The van der Waals surface area contributed by atoms with Gasteiger partial charge >= 0.3 is 0 Å². The summed E-state index contributed by atoms with van der Waals surface area (Å²) in [5, 5.41) is 0.497. The Labute approximate surface area is 97.4 Å². The predicted molar refractivity (Wildman–Crippen MR) is 64.7 cm³/mol. The number of hydrogen-bond acceptors (Lipinski definition) is 4. The first-order valence-electron chi connectivity index (χ1n) is 4.99. The van der Waals surface area contributed by atoms with Gasteiger partial charge in [-0.3, -0.25) is 4.79 Å². The molecule has 3 nitrogen and oxygen atoms in total. The van der Waals surface area contributed by atoms with Crippen LogP contribution < -0.4 is 0 Å². The second-order valence-electron chi connectivity index (χ2n) is 3.11. The fraction of sp³-hybridized carbons (Fsp3) is 0.167. The lowest BCUT2D eigenvalue weighted by Gasteiger charge is -1.90. The van der Waals surface area contributed by atoms with E-state index in [1.807, 2.05) is 31.2 Å². The van der Waals surface area contributed by atoms with Crippen molar-refractivity contribution >= 4 is 27.3 Å². The molecular weight excluding hydrogens is 222 g/mol. The van der Waals surface area contributed by atoms with Crippen LogP contribution in [0, 0.1) is 0 Å². The molecule has 0 saturated heterocycles. The fourth-order valence-corrected chi connectivity index (χ4v) is 2.14. The number of thiazole rings is 1. The van der Waals surface area contributed by atoms with Crippen LogP contribution in [-0.2, 0) is 4.74 Å². The minimum Gasteiger partial charge on any atom is -0.501 e. The molecule has 0 spiro atoms. The molecule has 1 heterocycles. The normalized spacial score (nSPS) is 11.1. The number of rotatable bonds is 4. The highest BCUT2D eigenvalue weighted by molar-refractivity contribution is 7.20. The summed E-state index contributed by atoms with van der Waals surface area (Å²) in [4.78, 5) is 15.9. The number of aromatic nitrogens is 1. The molecule has 0 aliphatic carbocycles. The third-order valence-corrected chi connectivity index (χ3v) is 3.04. The number of ketones is 1. The van der Waals surface area contributed by atoms with Crippen molar-refractivity contribution in [3.63, 3.8) is 0 Å². The minimum absolute atomic E-state index is 0.116. The largest absolute Gasteiger partial charge is 0.501 e. The van der Waals surface area contributed by atoms with Crippen LogP contribution in [0.5, 0.6) is 0 Å². The lowest BCUT2D eigenvalue weighted by molar-refractivity contribution is 0.104. The molecule has 0 fully saturated rings. The maximum absolute atomic E-state index is 11.7. The Morgan fingerprint density at radius 1 is 1.50 bits per heavy atom. The number of nitrogens with zero attached hydrogens (tertiary/aromatic N) is 1. The molecular formula is C12H11NO2S. The molecule has 1 aromatic heterocycles. The summed E-state index contributed by atoms with van der Waals surface area (Å²) in [6, 6.07) is 7.70. The van der Waals surface area contributed by atoms with Crippen LogP contribution in [0.25, 0.3) is 10.2 Å². The first-order chi connectivity index (χ1) is 7.81. The smallest absolute Gasteiger partial charge is 0.217 e. The molecule has 0 saturated carbocycles. The van der Waals surface area contributed by atoms with Gasteiger partial charge in [-0.25, -0.2) is 4.98 Å². The van der Waals surface area contributed by atoms with Gasteiger partial charge in [-0.1, -0.05) is 12.1 Å². The zero-order valence-electron chi connectivity index (χ0n) is 8.84. The van der Waals surface area contributed by atoms with Gasteiger partial charge in [0.25, 0.3) is 0 Å². The number of hydrogen-bond donors (Lipinski definition) is 0. The third-order valence-electron chi connectivity index (χ3n) is 1.99. The quantitative estimate of drug-likeness (QED) is 0.463. The lowest BCUT2D eigenvalue weighted by atomic mass is 10.3. The first-order valence-corrected chi connectivity index (χ1v) is 5.81. The van der Waals surface area contributed by atoms with Crippen molar-refractivity contribution < 1.29 is 9.53 Å². The minimum atomic E-state index is -0.116. The van der Waals surface area contributed by atoms with E-state index in [1.54, 1.807) is 0 Å². The SMILES string of the molecule is CCOC=CC(=O)c1nc2ccccc2s1. The Morgan fingerprint density at radius 3 is 3.06 bits per heavy atom. The summed E-state index contributed by atoms with van der Waals surface area (Å²) >= 11 is 1.40. The van der Waals surface area contributed by atoms with Gasteiger partial charge in [-0.05, 0) is 19.1 Å². The van der Waals surface area contributed by atoms with Crippen molar-refractivity contribution in [1.82, 2.24) is 4.98 Å². The molecule has 1 aromatic carbocycles. The van der Waals surface area contributed by atoms with E-state index in [0.717, 1.165) is 10.2 Å².